The van der Waals surface area contributed by atoms with E-state index in [2.05, 4.69) is 142 Å². The van der Waals surface area contributed by atoms with Crippen molar-refractivity contribution in [1.29, 1.82) is 0 Å². The van der Waals surface area contributed by atoms with Gasteiger partial charge in [0.05, 0.1) is 6.61 Å². The van der Waals surface area contributed by atoms with Crippen LogP contribution in [0.4, 0.5) is 0 Å². The second kappa shape index (κ2) is 61.6. The van der Waals surface area contributed by atoms with Crippen molar-refractivity contribution in [3.05, 3.63) is 122 Å². The first kappa shape index (κ1) is 68.3. The molecule has 410 valence electrons. The Bertz CT molecular complexity index is 1450. The van der Waals surface area contributed by atoms with Gasteiger partial charge >= 0.3 is 11.9 Å². The third-order valence-corrected chi connectivity index (χ3v) is 12.5. The number of allylic oxidation sites excluding steroid dienone is 20. The fourth-order valence-electron chi connectivity index (χ4n) is 8.05. The molecule has 0 aliphatic rings. The lowest BCUT2D eigenvalue weighted by molar-refractivity contribution is -0.163. The van der Waals surface area contributed by atoms with Gasteiger partial charge in [0.15, 0.2) is 6.10 Å². The lowest BCUT2D eigenvalue weighted by Crippen LogP contribution is -2.30. The molecule has 0 spiro atoms. The van der Waals surface area contributed by atoms with E-state index in [1.54, 1.807) is 0 Å². The van der Waals surface area contributed by atoms with Crippen LogP contribution in [0.5, 0.6) is 0 Å². The molecule has 0 aromatic heterocycles. The number of carbonyl (C=O) groups is 2. The Morgan fingerprint density at radius 1 is 0.319 bits per heavy atom. The minimum Gasteiger partial charge on any atom is -0.462 e. The summed E-state index contributed by atoms with van der Waals surface area (Å²) in [6.45, 7) is 7.53. The Kier molecular flexibility index (Phi) is 58.4. The van der Waals surface area contributed by atoms with Gasteiger partial charge in [-0.2, -0.15) is 0 Å². The number of hydrogen-bond acceptors (Lipinski definition) is 5. The molecule has 0 aromatic rings. The van der Waals surface area contributed by atoms with Crippen LogP contribution in [0.1, 0.15) is 265 Å². The highest BCUT2D eigenvalue weighted by Gasteiger charge is 2.17. The number of esters is 2. The molecule has 0 amide bonds. The first-order valence-corrected chi connectivity index (χ1v) is 30.1. The average molecular weight is 998 g/mol. The van der Waals surface area contributed by atoms with E-state index in [0.717, 1.165) is 128 Å². The van der Waals surface area contributed by atoms with Crippen LogP contribution < -0.4 is 0 Å². The van der Waals surface area contributed by atoms with E-state index in [1.165, 1.54) is 103 Å². The first-order chi connectivity index (χ1) is 35.6. The van der Waals surface area contributed by atoms with E-state index in [-0.39, 0.29) is 25.2 Å². The van der Waals surface area contributed by atoms with Crippen molar-refractivity contribution in [2.45, 2.75) is 271 Å². The van der Waals surface area contributed by atoms with Gasteiger partial charge in [-0.15, -0.1) is 0 Å². The maximum atomic E-state index is 12.9. The smallest absolute Gasteiger partial charge is 0.306 e. The summed E-state index contributed by atoms with van der Waals surface area (Å²) in [5, 5.41) is 0. The molecule has 0 heterocycles. The quantitative estimate of drug-likeness (QED) is 0.0345. The van der Waals surface area contributed by atoms with Gasteiger partial charge in [0.25, 0.3) is 0 Å². The van der Waals surface area contributed by atoms with Crippen molar-refractivity contribution < 1.29 is 23.8 Å². The Balaban J connectivity index is 4.37. The van der Waals surface area contributed by atoms with Gasteiger partial charge in [0.2, 0.25) is 0 Å². The Morgan fingerprint density at radius 3 is 1.00 bits per heavy atom. The summed E-state index contributed by atoms with van der Waals surface area (Å²) in [7, 11) is 0. The highest BCUT2D eigenvalue weighted by Crippen LogP contribution is 2.14. The third kappa shape index (κ3) is 58.9. The molecule has 72 heavy (non-hydrogen) atoms. The number of carbonyl (C=O) groups excluding carboxylic acids is 2. The van der Waals surface area contributed by atoms with E-state index in [4.69, 9.17) is 14.2 Å². The third-order valence-electron chi connectivity index (χ3n) is 12.5. The first-order valence-electron chi connectivity index (χ1n) is 30.1. The lowest BCUT2D eigenvalue weighted by Gasteiger charge is -2.18. The van der Waals surface area contributed by atoms with E-state index < -0.39 is 6.10 Å². The summed E-state index contributed by atoms with van der Waals surface area (Å²) >= 11 is 0. The maximum absolute atomic E-state index is 12.9. The molecular weight excluding hydrogens is 885 g/mol. The predicted octanol–water partition coefficient (Wildman–Crippen LogP) is 20.9. The SMILES string of the molecule is CC/C=C\C/C=C\C/C=C\C/C=C\CCCCCCCCCOCC(COC(=O)CCCCCCCCCCC/C=C\C/C=C\CCCCC)OC(=O)CCCCCC/C=C\C/C=C\C/C=C\C/C=C\CC. The van der Waals surface area contributed by atoms with E-state index in [1.807, 2.05) is 0 Å². The van der Waals surface area contributed by atoms with Crippen LogP contribution >= 0.6 is 0 Å². The van der Waals surface area contributed by atoms with Gasteiger partial charge in [0.1, 0.15) is 6.61 Å². The van der Waals surface area contributed by atoms with Crippen molar-refractivity contribution in [2.75, 3.05) is 19.8 Å². The predicted molar refractivity (Wildman–Crippen MR) is 316 cm³/mol. The van der Waals surface area contributed by atoms with Crippen molar-refractivity contribution in [1.82, 2.24) is 0 Å². The molecule has 0 fully saturated rings. The highest BCUT2D eigenvalue weighted by molar-refractivity contribution is 5.70. The minimum absolute atomic E-state index is 0.0618. The number of rotatable bonds is 54. The monoisotopic (exact) mass is 997 g/mol. The van der Waals surface area contributed by atoms with Gasteiger partial charge in [-0.05, 0) is 128 Å². The van der Waals surface area contributed by atoms with E-state index in [9.17, 15) is 9.59 Å². The fourth-order valence-corrected chi connectivity index (χ4v) is 8.05. The van der Waals surface area contributed by atoms with Crippen LogP contribution in [-0.4, -0.2) is 37.9 Å². The molecule has 0 radical (unpaired) electrons. The molecule has 0 aromatic carbocycles. The van der Waals surface area contributed by atoms with E-state index >= 15 is 0 Å². The van der Waals surface area contributed by atoms with Gasteiger partial charge in [-0.3, -0.25) is 9.59 Å². The van der Waals surface area contributed by atoms with Gasteiger partial charge in [-0.1, -0.05) is 245 Å². The number of unbranched alkanes of at least 4 members (excludes halogenated alkanes) is 23. The zero-order valence-electron chi connectivity index (χ0n) is 47.2. The summed E-state index contributed by atoms with van der Waals surface area (Å²) in [5.74, 6) is -0.436. The molecule has 0 aliphatic carbocycles. The van der Waals surface area contributed by atoms with Crippen LogP contribution in [0.15, 0.2) is 122 Å². The Labute approximate surface area is 446 Å². The summed E-state index contributed by atoms with van der Waals surface area (Å²) < 4.78 is 17.5. The molecule has 1 unspecified atom stereocenters. The number of ether oxygens (including phenoxy) is 3. The standard InChI is InChI=1S/C67H112O5/c1-4-7-10-13-16-19-22-25-28-31-33-35-38-41-44-47-50-53-56-59-62-70-63-65(72-67(69)61-58-55-52-49-46-43-40-36-30-27-24-21-18-15-12-9-6-3)64-71-66(68)60-57-54-51-48-45-42-39-37-34-32-29-26-23-20-17-14-11-8-5-2/h7,9-10,12,16-21,25-30,33,35,40,43,65H,4-6,8,11,13-15,22-24,31-32,34,36-39,41-42,44-64H2,1-3H3/b10-7-,12-9-,19-16-,20-17-,21-18-,28-25-,29-26-,30-27-,35-33-,43-40-. The summed E-state index contributed by atoms with van der Waals surface area (Å²) in [4.78, 5) is 25.6. The van der Waals surface area contributed by atoms with Crippen molar-refractivity contribution in [2.24, 2.45) is 0 Å². The zero-order valence-corrected chi connectivity index (χ0v) is 47.2. The van der Waals surface area contributed by atoms with Crippen molar-refractivity contribution in [3.63, 3.8) is 0 Å². The maximum Gasteiger partial charge on any atom is 0.306 e. The molecule has 0 saturated carbocycles. The fraction of sp³-hybridized carbons (Fsp3) is 0.672. The average Bonchev–Trinajstić information content (AvgIpc) is 3.38. The molecule has 1 atom stereocenters. The normalized spacial score (nSPS) is 13.1. The minimum atomic E-state index is -0.567. The van der Waals surface area contributed by atoms with Gasteiger partial charge < -0.3 is 14.2 Å². The molecule has 5 nitrogen and oxygen atoms in total. The van der Waals surface area contributed by atoms with Crippen LogP contribution in [0.3, 0.4) is 0 Å². The zero-order chi connectivity index (χ0) is 52.0. The molecule has 5 heteroatoms. The van der Waals surface area contributed by atoms with Crippen LogP contribution in [0, 0.1) is 0 Å². The molecule has 0 bridgehead atoms. The molecule has 0 N–H and O–H groups in total. The molecule has 0 saturated heterocycles. The van der Waals surface area contributed by atoms with Crippen molar-refractivity contribution in [3.8, 4) is 0 Å². The summed E-state index contributed by atoms with van der Waals surface area (Å²) in [6.07, 6.45) is 86.5. The topological polar surface area (TPSA) is 61.8 Å². The second-order valence-electron chi connectivity index (χ2n) is 19.5. The van der Waals surface area contributed by atoms with Gasteiger partial charge in [0, 0.05) is 19.4 Å². The van der Waals surface area contributed by atoms with Crippen LogP contribution in [-0.2, 0) is 23.8 Å². The van der Waals surface area contributed by atoms with Crippen LogP contribution in [0.25, 0.3) is 0 Å². The summed E-state index contributed by atoms with van der Waals surface area (Å²) in [6, 6.07) is 0. The highest BCUT2D eigenvalue weighted by atomic mass is 16.6. The largest absolute Gasteiger partial charge is 0.462 e. The molecule has 0 aliphatic heterocycles. The second-order valence-corrected chi connectivity index (χ2v) is 19.5. The van der Waals surface area contributed by atoms with Gasteiger partial charge in [-0.25, -0.2) is 0 Å². The Morgan fingerprint density at radius 2 is 0.625 bits per heavy atom. The summed E-state index contributed by atoms with van der Waals surface area (Å²) in [5.41, 5.74) is 0. The lowest BCUT2D eigenvalue weighted by atomic mass is 10.1. The molecular formula is C67H112O5. The Hall–Kier alpha value is -3.70. The number of hydrogen-bond donors (Lipinski definition) is 0. The van der Waals surface area contributed by atoms with E-state index in [0.29, 0.717) is 19.4 Å². The molecule has 0 rings (SSSR count). The van der Waals surface area contributed by atoms with Crippen LogP contribution in [0.2, 0.25) is 0 Å². The van der Waals surface area contributed by atoms with Crippen molar-refractivity contribution >= 4 is 11.9 Å².